The molecule has 0 saturated heterocycles. The van der Waals surface area contributed by atoms with E-state index in [2.05, 4.69) is 5.10 Å². The highest BCUT2D eigenvalue weighted by Gasteiger charge is 2.35. The van der Waals surface area contributed by atoms with Crippen LogP contribution in [0.25, 0.3) is 0 Å². The second-order valence-corrected chi connectivity index (χ2v) is 8.76. The Morgan fingerprint density at radius 1 is 0.744 bits per heavy atom. The first-order valence-corrected chi connectivity index (χ1v) is 12.1. The van der Waals surface area contributed by atoms with Crippen LogP contribution in [0.1, 0.15) is 32.0 Å². The van der Waals surface area contributed by atoms with E-state index >= 15 is 0 Å². The summed E-state index contributed by atoms with van der Waals surface area (Å²) >= 11 is 0. The quantitative estimate of drug-likeness (QED) is 0.319. The smallest absolute Gasteiger partial charge is 0.278 e. The Morgan fingerprint density at radius 2 is 1.23 bits per heavy atom. The number of aromatic nitrogens is 2. The number of rotatable bonds is 8. The number of benzene rings is 3. The fourth-order valence-electron chi connectivity index (χ4n) is 4.48. The van der Waals surface area contributed by atoms with Crippen LogP contribution in [0, 0.1) is 0 Å². The maximum absolute atomic E-state index is 13.6. The Kier molecular flexibility index (Phi) is 7.00. The first kappa shape index (κ1) is 25.5. The molecular formula is C29H26N4O6. The molecule has 1 aliphatic heterocycles. The fraction of sp³-hybridized carbons (Fsp3) is 0.172. The maximum Gasteiger partial charge on any atom is 0.278 e. The van der Waals surface area contributed by atoms with E-state index in [1.54, 1.807) is 99.0 Å². The number of fused-ring (bicyclic) bond motifs is 1. The van der Waals surface area contributed by atoms with Gasteiger partial charge in [0.1, 0.15) is 17.2 Å². The molecule has 4 aromatic rings. The predicted octanol–water partition coefficient (Wildman–Crippen LogP) is 4.05. The molecule has 0 saturated carbocycles. The molecule has 0 radical (unpaired) electrons. The van der Waals surface area contributed by atoms with Gasteiger partial charge in [-0.25, -0.2) is 0 Å². The van der Waals surface area contributed by atoms with Crippen LogP contribution in [-0.4, -0.2) is 54.2 Å². The number of hydrogen-bond donors (Lipinski definition) is 0. The van der Waals surface area contributed by atoms with Crippen molar-refractivity contribution in [2.24, 2.45) is 0 Å². The SMILES string of the molecule is COc1ccc(C(=O)N2Cc3c(N(C=O)c4ccc(OC)cc4)nn(C(=O)c4ccc(OC)cc4)c3C2)cc1. The summed E-state index contributed by atoms with van der Waals surface area (Å²) in [5.74, 6) is 1.55. The number of hydrogen-bond acceptors (Lipinski definition) is 7. The number of anilines is 2. The molecule has 0 fully saturated rings. The molecule has 10 nitrogen and oxygen atoms in total. The van der Waals surface area contributed by atoms with Crippen LogP contribution in [0.4, 0.5) is 11.5 Å². The third-order valence-corrected chi connectivity index (χ3v) is 6.60. The molecule has 0 bridgehead atoms. The number of amides is 2. The third-order valence-electron chi connectivity index (χ3n) is 6.60. The standard InChI is InChI=1S/C29H26N4O6/c1-37-22-10-4-19(5-11-22)28(35)31-16-25-26(17-31)33(29(36)20-6-12-23(38-2)13-7-20)30-27(25)32(18-34)21-8-14-24(39-3)15-9-21/h4-15,18H,16-17H2,1-3H3. The molecule has 0 spiro atoms. The first-order chi connectivity index (χ1) is 19.0. The van der Waals surface area contributed by atoms with Gasteiger partial charge in [-0.15, -0.1) is 5.10 Å². The second-order valence-electron chi connectivity index (χ2n) is 8.76. The second kappa shape index (κ2) is 10.7. The minimum atomic E-state index is -0.389. The van der Waals surface area contributed by atoms with Gasteiger partial charge < -0.3 is 19.1 Å². The lowest BCUT2D eigenvalue weighted by Crippen LogP contribution is -2.28. The fourth-order valence-corrected chi connectivity index (χ4v) is 4.48. The largest absolute Gasteiger partial charge is 0.497 e. The van der Waals surface area contributed by atoms with Gasteiger partial charge in [0, 0.05) is 16.7 Å². The summed E-state index contributed by atoms with van der Waals surface area (Å²) in [5, 5.41) is 4.57. The Bertz CT molecular complexity index is 1510. The Morgan fingerprint density at radius 3 is 1.72 bits per heavy atom. The number of methoxy groups -OCH3 is 3. The van der Waals surface area contributed by atoms with Crippen LogP contribution < -0.4 is 19.1 Å². The van der Waals surface area contributed by atoms with Crippen LogP contribution in [0.5, 0.6) is 17.2 Å². The minimum absolute atomic E-state index is 0.143. The molecule has 2 heterocycles. The van der Waals surface area contributed by atoms with Crippen molar-refractivity contribution in [3.8, 4) is 17.2 Å². The summed E-state index contributed by atoms with van der Waals surface area (Å²) in [6, 6.07) is 20.4. The van der Waals surface area contributed by atoms with Gasteiger partial charge in [-0.2, -0.15) is 4.68 Å². The highest BCUT2D eigenvalue weighted by Crippen LogP contribution is 2.36. The van der Waals surface area contributed by atoms with Crippen LogP contribution in [-0.2, 0) is 17.9 Å². The average molecular weight is 527 g/mol. The van der Waals surface area contributed by atoms with E-state index in [9.17, 15) is 14.4 Å². The van der Waals surface area contributed by atoms with Crippen molar-refractivity contribution in [3.05, 3.63) is 95.2 Å². The Hall–Kier alpha value is -5.12. The van der Waals surface area contributed by atoms with Crippen molar-refractivity contribution in [1.82, 2.24) is 14.7 Å². The van der Waals surface area contributed by atoms with Crippen molar-refractivity contribution in [2.75, 3.05) is 26.2 Å². The number of carbonyl (C=O) groups is 3. The summed E-state index contributed by atoms with van der Waals surface area (Å²) in [4.78, 5) is 42.3. The van der Waals surface area contributed by atoms with Gasteiger partial charge in [0.2, 0.25) is 6.41 Å². The monoisotopic (exact) mass is 526 g/mol. The lowest BCUT2D eigenvalue weighted by Gasteiger charge is -2.19. The molecule has 0 aliphatic carbocycles. The summed E-state index contributed by atoms with van der Waals surface area (Å²) in [7, 11) is 4.66. The molecule has 1 aliphatic rings. The zero-order chi connectivity index (χ0) is 27.5. The van der Waals surface area contributed by atoms with Gasteiger partial charge in [-0.3, -0.25) is 19.3 Å². The summed E-state index contributed by atoms with van der Waals surface area (Å²) in [6.45, 7) is 0.316. The first-order valence-electron chi connectivity index (χ1n) is 12.1. The minimum Gasteiger partial charge on any atom is -0.497 e. The van der Waals surface area contributed by atoms with E-state index in [1.807, 2.05) is 0 Å². The van der Waals surface area contributed by atoms with E-state index in [1.165, 1.54) is 9.58 Å². The molecule has 3 aromatic carbocycles. The maximum atomic E-state index is 13.6. The number of carbonyl (C=O) groups excluding carboxylic acids is 3. The number of nitrogens with zero attached hydrogens (tertiary/aromatic N) is 4. The van der Waals surface area contributed by atoms with Crippen LogP contribution in [0.15, 0.2) is 72.8 Å². The Labute approximate surface area is 224 Å². The normalized spacial score (nSPS) is 12.0. The van der Waals surface area contributed by atoms with Crippen molar-refractivity contribution in [2.45, 2.75) is 13.1 Å². The molecule has 5 rings (SSSR count). The van der Waals surface area contributed by atoms with Gasteiger partial charge in [0.05, 0.1) is 45.8 Å². The molecule has 0 N–H and O–H groups in total. The van der Waals surface area contributed by atoms with Crippen LogP contribution >= 0.6 is 0 Å². The molecule has 0 atom stereocenters. The number of ether oxygens (including phenoxy) is 3. The van der Waals surface area contributed by atoms with E-state index < -0.39 is 0 Å². The van der Waals surface area contributed by atoms with Crippen molar-refractivity contribution in [3.63, 3.8) is 0 Å². The van der Waals surface area contributed by atoms with Crippen LogP contribution in [0.3, 0.4) is 0 Å². The van der Waals surface area contributed by atoms with Crippen molar-refractivity contribution in [1.29, 1.82) is 0 Å². The van der Waals surface area contributed by atoms with E-state index in [4.69, 9.17) is 14.2 Å². The lowest BCUT2D eigenvalue weighted by molar-refractivity contribution is -0.106. The van der Waals surface area contributed by atoms with Crippen LogP contribution in [0.2, 0.25) is 0 Å². The molecule has 1 aromatic heterocycles. The highest BCUT2D eigenvalue weighted by atomic mass is 16.5. The summed E-state index contributed by atoms with van der Waals surface area (Å²) in [5.41, 5.74) is 2.55. The van der Waals surface area contributed by atoms with Gasteiger partial charge in [0.25, 0.3) is 11.8 Å². The molecule has 198 valence electrons. The highest BCUT2D eigenvalue weighted by molar-refractivity contribution is 5.98. The molecule has 39 heavy (non-hydrogen) atoms. The van der Waals surface area contributed by atoms with E-state index in [0.29, 0.717) is 51.7 Å². The summed E-state index contributed by atoms with van der Waals surface area (Å²) in [6.07, 6.45) is 0.639. The van der Waals surface area contributed by atoms with E-state index in [-0.39, 0.29) is 30.7 Å². The molecule has 2 amide bonds. The zero-order valence-corrected chi connectivity index (χ0v) is 21.7. The molecule has 0 unspecified atom stereocenters. The molecular weight excluding hydrogens is 500 g/mol. The zero-order valence-electron chi connectivity index (χ0n) is 21.7. The Balaban J connectivity index is 1.54. The average Bonchev–Trinajstić information content (AvgIpc) is 3.58. The van der Waals surface area contributed by atoms with Gasteiger partial charge in [0.15, 0.2) is 5.82 Å². The van der Waals surface area contributed by atoms with Crippen molar-refractivity contribution >= 4 is 29.7 Å². The summed E-state index contributed by atoms with van der Waals surface area (Å²) < 4.78 is 16.9. The predicted molar refractivity (Wildman–Crippen MR) is 143 cm³/mol. The third kappa shape index (κ3) is 4.79. The topological polar surface area (TPSA) is 103 Å². The van der Waals surface area contributed by atoms with Crippen molar-refractivity contribution < 1.29 is 28.6 Å². The lowest BCUT2D eigenvalue weighted by atomic mass is 10.2. The van der Waals surface area contributed by atoms with Gasteiger partial charge in [-0.05, 0) is 72.8 Å². The molecule has 10 heteroatoms. The van der Waals surface area contributed by atoms with Gasteiger partial charge >= 0.3 is 0 Å². The van der Waals surface area contributed by atoms with E-state index in [0.717, 1.165) is 0 Å². The van der Waals surface area contributed by atoms with Gasteiger partial charge in [-0.1, -0.05) is 0 Å².